The van der Waals surface area contributed by atoms with Gasteiger partial charge in [-0.25, -0.2) is 0 Å². The summed E-state index contributed by atoms with van der Waals surface area (Å²) in [6.45, 7) is 1.10. The highest BCUT2D eigenvalue weighted by Crippen LogP contribution is 2.11. The summed E-state index contributed by atoms with van der Waals surface area (Å²) in [4.78, 5) is 44.1. The Morgan fingerprint density at radius 2 is 1.53 bits per heavy atom. The number of ketones is 2. The van der Waals surface area contributed by atoms with E-state index in [0.717, 1.165) is 13.3 Å². The second kappa shape index (κ2) is 9.24. The highest BCUT2D eigenvalue weighted by molar-refractivity contribution is 6.16. The molecule has 0 bridgehead atoms. The molecular weight excluding hydrogens is 252 g/mol. The Labute approximate surface area is 112 Å². The minimum atomic E-state index is -1.53. The highest BCUT2D eigenvalue weighted by atomic mass is 16.5. The molecule has 0 radical (unpaired) electrons. The van der Waals surface area contributed by atoms with E-state index < -0.39 is 23.5 Å². The van der Waals surface area contributed by atoms with Crippen molar-refractivity contribution >= 4 is 23.5 Å². The highest BCUT2D eigenvalue weighted by Gasteiger charge is 2.29. The van der Waals surface area contributed by atoms with E-state index in [0.29, 0.717) is 25.7 Å². The quantitative estimate of drug-likeness (QED) is 0.366. The van der Waals surface area contributed by atoms with E-state index in [1.54, 1.807) is 0 Å². The van der Waals surface area contributed by atoms with Gasteiger partial charge in [0.15, 0.2) is 17.5 Å². The Kier molecular flexibility index (Phi) is 8.41. The van der Waals surface area contributed by atoms with Gasteiger partial charge in [0, 0.05) is 12.8 Å². The van der Waals surface area contributed by atoms with Gasteiger partial charge in [-0.15, -0.1) is 0 Å². The number of ether oxygens (including phenoxy) is 1. The minimum absolute atomic E-state index is 0.0781. The molecule has 108 valence electrons. The second-order valence-electron chi connectivity index (χ2n) is 4.34. The molecule has 1 N–H and O–H groups in total. The number of hydrogen-bond donors (Lipinski definition) is 1. The van der Waals surface area contributed by atoms with Crippen LogP contribution in [-0.4, -0.2) is 35.7 Å². The summed E-state index contributed by atoms with van der Waals surface area (Å²) in [5, 5.41) is 8.75. The molecule has 0 aliphatic heterocycles. The minimum Gasteiger partial charge on any atom is -0.480 e. The van der Waals surface area contributed by atoms with Gasteiger partial charge in [0.05, 0.1) is 7.11 Å². The number of Topliss-reactive ketones (excluding diaryl/α,β-unsaturated/α-hetero) is 2. The van der Waals surface area contributed by atoms with Gasteiger partial charge in [-0.05, 0) is 19.8 Å². The molecule has 0 aliphatic carbocycles. The lowest BCUT2D eigenvalue weighted by molar-refractivity contribution is -0.150. The lowest BCUT2D eigenvalue weighted by Gasteiger charge is -2.07. The summed E-state index contributed by atoms with van der Waals surface area (Å²) >= 11 is 0. The summed E-state index contributed by atoms with van der Waals surface area (Å²) < 4.78 is 4.48. The number of carboxylic acids is 1. The van der Waals surface area contributed by atoms with Crippen molar-refractivity contribution in [2.24, 2.45) is 5.92 Å². The number of carbonyl (C=O) groups excluding carboxylic acids is 3. The van der Waals surface area contributed by atoms with E-state index in [-0.39, 0.29) is 12.4 Å². The van der Waals surface area contributed by atoms with Crippen LogP contribution in [-0.2, 0) is 23.9 Å². The molecule has 0 rings (SSSR count). The van der Waals surface area contributed by atoms with Crippen LogP contribution >= 0.6 is 0 Å². The summed E-state index contributed by atoms with van der Waals surface area (Å²) in [5.74, 6) is -4.37. The average molecular weight is 272 g/mol. The first-order valence-electron chi connectivity index (χ1n) is 6.23. The molecule has 0 aromatic carbocycles. The number of rotatable bonds is 10. The van der Waals surface area contributed by atoms with E-state index in [4.69, 9.17) is 5.11 Å². The fourth-order valence-electron chi connectivity index (χ4n) is 1.71. The summed E-state index contributed by atoms with van der Waals surface area (Å²) in [7, 11) is 1.33. The van der Waals surface area contributed by atoms with Crippen LogP contribution in [0.5, 0.6) is 0 Å². The molecule has 0 saturated heterocycles. The molecule has 0 saturated carbocycles. The zero-order valence-electron chi connectivity index (χ0n) is 11.3. The van der Waals surface area contributed by atoms with Crippen LogP contribution in [0.15, 0.2) is 0 Å². The van der Waals surface area contributed by atoms with Crippen molar-refractivity contribution in [3.05, 3.63) is 0 Å². The average Bonchev–Trinajstić information content (AvgIpc) is 2.32. The molecule has 0 spiro atoms. The van der Waals surface area contributed by atoms with Gasteiger partial charge in [-0.3, -0.25) is 19.2 Å². The molecule has 0 heterocycles. The number of hydrogen-bond acceptors (Lipinski definition) is 5. The Morgan fingerprint density at radius 1 is 1.00 bits per heavy atom. The fourth-order valence-corrected chi connectivity index (χ4v) is 1.71. The van der Waals surface area contributed by atoms with Gasteiger partial charge in [-0.2, -0.15) is 0 Å². The lowest BCUT2D eigenvalue weighted by Crippen LogP contribution is -2.29. The first-order chi connectivity index (χ1) is 8.90. The van der Waals surface area contributed by atoms with Gasteiger partial charge < -0.3 is 9.84 Å². The Bertz CT molecular complexity index is 333. The van der Waals surface area contributed by atoms with Crippen molar-refractivity contribution < 1.29 is 29.0 Å². The monoisotopic (exact) mass is 272 g/mol. The number of methoxy groups -OCH3 is 1. The number of aliphatic carboxylic acids is 1. The summed E-state index contributed by atoms with van der Waals surface area (Å²) in [5.41, 5.74) is 0. The van der Waals surface area contributed by atoms with Gasteiger partial charge >= 0.3 is 11.9 Å². The van der Waals surface area contributed by atoms with E-state index >= 15 is 0 Å². The van der Waals surface area contributed by atoms with E-state index in [9.17, 15) is 19.2 Å². The molecule has 0 aliphatic rings. The zero-order chi connectivity index (χ0) is 14.8. The van der Waals surface area contributed by atoms with Crippen LogP contribution in [0.4, 0.5) is 0 Å². The molecule has 1 atom stereocenters. The summed E-state index contributed by atoms with van der Waals surface area (Å²) in [6.07, 6.45) is 3.10. The first kappa shape index (κ1) is 17.3. The molecule has 0 aromatic rings. The van der Waals surface area contributed by atoms with Gasteiger partial charge in [0.2, 0.25) is 0 Å². The predicted octanol–water partition coefficient (Wildman–Crippen LogP) is 1.36. The van der Waals surface area contributed by atoms with Gasteiger partial charge in [0.25, 0.3) is 0 Å². The van der Waals surface area contributed by atoms with Crippen LogP contribution in [0.3, 0.4) is 0 Å². The molecule has 1 unspecified atom stereocenters. The van der Waals surface area contributed by atoms with E-state index in [2.05, 4.69) is 4.74 Å². The number of carboxylic acid groups (broad SMARTS) is 1. The van der Waals surface area contributed by atoms with Crippen molar-refractivity contribution in [2.45, 2.75) is 45.4 Å². The van der Waals surface area contributed by atoms with Crippen LogP contribution in [0, 0.1) is 5.92 Å². The second-order valence-corrected chi connectivity index (χ2v) is 4.34. The Hall–Kier alpha value is -1.72. The standard InChI is InChI=1S/C13H20O6/c1-9(14)12(13(17)18)10(15)7-5-3-4-6-8-11(16)19-2/h12H,3-8H2,1-2H3,(H,17,18). The first-order valence-corrected chi connectivity index (χ1v) is 6.23. The van der Waals surface area contributed by atoms with Crippen LogP contribution in [0.25, 0.3) is 0 Å². The van der Waals surface area contributed by atoms with Crippen molar-refractivity contribution in [3.63, 3.8) is 0 Å². The van der Waals surface area contributed by atoms with Crippen LogP contribution in [0.2, 0.25) is 0 Å². The maximum Gasteiger partial charge on any atom is 0.321 e. The molecule has 6 nitrogen and oxygen atoms in total. The van der Waals surface area contributed by atoms with Gasteiger partial charge in [0.1, 0.15) is 0 Å². The maximum absolute atomic E-state index is 11.5. The van der Waals surface area contributed by atoms with Crippen LogP contribution in [0.1, 0.15) is 45.4 Å². The molecule has 19 heavy (non-hydrogen) atoms. The molecule has 0 fully saturated rings. The third-order valence-corrected chi connectivity index (χ3v) is 2.76. The smallest absolute Gasteiger partial charge is 0.321 e. The lowest BCUT2D eigenvalue weighted by atomic mass is 9.95. The summed E-state index contributed by atoms with van der Waals surface area (Å²) in [6, 6.07) is 0. The molecule has 0 aromatic heterocycles. The molecule has 0 amide bonds. The SMILES string of the molecule is COC(=O)CCCCCCC(=O)C(C(C)=O)C(=O)O. The predicted molar refractivity (Wildman–Crippen MR) is 66.5 cm³/mol. The van der Waals surface area contributed by atoms with E-state index in [1.165, 1.54) is 7.11 Å². The topological polar surface area (TPSA) is 97.7 Å². The van der Waals surface area contributed by atoms with Crippen molar-refractivity contribution in [1.29, 1.82) is 0 Å². The Balaban J connectivity index is 3.82. The third-order valence-electron chi connectivity index (χ3n) is 2.76. The molecule has 6 heteroatoms. The fraction of sp³-hybridized carbons (Fsp3) is 0.692. The van der Waals surface area contributed by atoms with Crippen molar-refractivity contribution in [3.8, 4) is 0 Å². The van der Waals surface area contributed by atoms with Gasteiger partial charge in [-0.1, -0.05) is 12.8 Å². The van der Waals surface area contributed by atoms with Crippen molar-refractivity contribution in [2.75, 3.05) is 7.11 Å². The number of unbranched alkanes of at least 4 members (excludes halogenated alkanes) is 3. The third kappa shape index (κ3) is 7.33. The largest absolute Gasteiger partial charge is 0.480 e. The van der Waals surface area contributed by atoms with E-state index in [1.807, 2.05) is 0 Å². The zero-order valence-corrected chi connectivity index (χ0v) is 11.3. The van der Waals surface area contributed by atoms with Crippen LogP contribution < -0.4 is 0 Å². The molecular formula is C13H20O6. The Morgan fingerprint density at radius 3 is 1.95 bits per heavy atom. The number of esters is 1. The maximum atomic E-state index is 11.5. The van der Waals surface area contributed by atoms with Crippen molar-refractivity contribution in [1.82, 2.24) is 0 Å². The normalized spacial score (nSPS) is 11.7. The number of carbonyl (C=O) groups is 4.